The Kier molecular flexibility index (Phi) is 3.37. The smallest absolute Gasteiger partial charge is 0.354 e. The molecule has 19 heavy (non-hydrogen) atoms. The van der Waals surface area contributed by atoms with E-state index >= 15 is 0 Å². The summed E-state index contributed by atoms with van der Waals surface area (Å²) in [4.78, 5) is 24.3. The van der Waals surface area contributed by atoms with Crippen LogP contribution in [0.5, 0.6) is 11.5 Å². The van der Waals surface area contributed by atoms with Crippen molar-refractivity contribution in [3.8, 4) is 11.5 Å². The fourth-order valence-corrected chi connectivity index (χ4v) is 1.36. The first-order valence-electron chi connectivity index (χ1n) is 5.18. The fourth-order valence-electron chi connectivity index (χ4n) is 1.36. The van der Waals surface area contributed by atoms with E-state index in [0.717, 1.165) is 0 Å². The van der Waals surface area contributed by atoms with E-state index in [1.807, 2.05) is 0 Å². The number of ether oxygens (including phenoxy) is 1. The molecule has 1 aromatic carbocycles. The van der Waals surface area contributed by atoms with Crippen molar-refractivity contribution in [3.63, 3.8) is 0 Å². The first kappa shape index (κ1) is 12.5. The van der Waals surface area contributed by atoms with Gasteiger partial charge >= 0.3 is 5.97 Å². The molecule has 0 aliphatic heterocycles. The molecule has 1 heterocycles. The number of benzene rings is 1. The minimum Gasteiger partial charge on any atom is -0.477 e. The average Bonchev–Trinajstić information content (AvgIpc) is 2.39. The van der Waals surface area contributed by atoms with E-state index in [0.29, 0.717) is 11.5 Å². The molecule has 96 valence electrons. The Balaban J connectivity index is 2.19. The van der Waals surface area contributed by atoms with Crippen molar-refractivity contribution in [3.05, 3.63) is 58.4 Å². The molecule has 2 aromatic rings. The molecule has 0 spiro atoms. The molecule has 0 saturated carbocycles. The average molecular weight is 260 g/mol. The molecular formula is C12H8N2O5. The Labute approximate surface area is 107 Å². The van der Waals surface area contributed by atoms with Gasteiger partial charge in [0.2, 0.25) is 0 Å². The summed E-state index contributed by atoms with van der Waals surface area (Å²) in [5.74, 6) is -0.497. The first-order chi connectivity index (χ1) is 9.06. The minimum atomic E-state index is -1.16. The molecule has 0 saturated heterocycles. The van der Waals surface area contributed by atoms with Crippen molar-refractivity contribution in [2.24, 2.45) is 0 Å². The molecule has 0 unspecified atom stereocenters. The van der Waals surface area contributed by atoms with E-state index in [9.17, 15) is 14.9 Å². The maximum absolute atomic E-state index is 10.7. The molecule has 0 aliphatic carbocycles. The quantitative estimate of drug-likeness (QED) is 0.669. The highest BCUT2D eigenvalue weighted by atomic mass is 16.6. The maximum atomic E-state index is 10.7. The largest absolute Gasteiger partial charge is 0.477 e. The third-order valence-corrected chi connectivity index (χ3v) is 2.23. The van der Waals surface area contributed by atoms with Crippen molar-refractivity contribution in [1.82, 2.24) is 4.98 Å². The Hall–Kier alpha value is -2.96. The van der Waals surface area contributed by atoms with Crippen molar-refractivity contribution >= 4 is 11.7 Å². The lowest BCUT2D eigenvalue weighted by Crippen LogP contribution is -1.99. The van der Waals surface area contributed by atoms with E-state index in [-0.39, 0.29) is 11.4 Å². The van der Waals surface area contributed by atoms with Gasteiger partial charge in [-0.05, 0) is 18.2 Å². The molecule has 0 amide bonds. The van der Waals surface area contributed by atoms with Crippen molar-refractivity contribution in [2.45, 2.75) is 0 Å². The maximum Gasteiger partial charge on any atom is 0.354 e. The van der Waals surface area contributed by atoms with Gasteiger partial charge in [-0.1, -0.05) is 0 Å². The van der Waals surface area contributed by atoms with E-state index < -0.39 is 10.9 Å². The molecule has 7 heteroatoms. The highest BCUT2D eigenvalue weighted by Crippen LogP contribution is 2.23. The normalized spacial score (nSPS) is 9.89. The molecule has 0 fully saturated rings. The van der Waals surface area contributed by atoms with Gasteiger partial charge in [0.25, 0.3) is 5.69 Å². The highest BCUT2D eigenvalue weighted by molar-refractivity contribution is 5.85. The van der Waals surface area contributed by atoms with Gasteiger partial charge in [-0.3, -0.25) is 10.1 Å². The number of nitro benzene ring substituents is 1. The molecule has 7 nitrogen and oxygen atoms in total. The van der Waals surface area contributed by atoms with Crippen molar-refractivity contribution < 1.29 is 19.6 Å². The number of pyridine rings is 1. The van der Waals surface area contributed by atoms with Gasteiger partial charge in [-0.15, -0.1) is 0 Å². The van der Waals surface area contributed by atoms with Crippen LogP contribution >= 0.6 is 0 Å². The van der Waals surface area contributed by atoms with Gasteiger partial charge in [-0.25, -0.2) is 9.78 Å². The summed E-state index contributed by atoms with van der Waals surface area (Å²) in [7, 11) is 0. The third-order valence-electron chi connectivity index (χ3n) is 2.23. The van der Waals surface area contributed by atoms with E-state index in [1.54, 1.807) is 0 Å². The van der Waals surface area contributed by atoms with Crippen LogP contribution in [0, 0.1) is 10.1 Å². The summed E-state index contributed by atoms with van der Waals surface area (Å²) >= 11 is 0. The predicted molar refractivity (Wildman–Crippen MR) is 64.4 cm³/mol. The topological polar surface area (TPSA) is 103 Å². The molecular weight excluding hydrogens is 252 g/mol. The van der Waals surface area contributed by atoms with Gasteiger partial charge in [0, 0.05) is 24.4 Å². The summed E-state index contributed by atoms with van der Waals surface area (Å²) in [5, 5.41) is 19.3. The van der Waals surface area contributed by atoms with Crippen LogP contribution in [-0.4, -0.2) is 21.0 Å². The van der Waals surface area contributed by atoms with Crippen LogP contribution in [-0.2, 0) is 0 Å². The van der Waals surface area contributed by atoms with Crippen LogP contribution in [0.1, 0.15) is 10.5 Å². The van der Waals surface area contributed by atoms with Gasteiger partial charge in [0.15, 0.2) is 5.69 Å². The minimum absolute atomic E-state index is 0.0479. The number of hydrogen-bond acceptors (Lipinski definition) is 5. The lowest BCUT2D eigenvalue weighted by molar-refractivity contribution is -0.384. The zero-order chi connectivity index (χ0) is 13.8. The Bertz CT molecular complexity index is 624. The van der Waals surface area contributed by atoms with E-state index in [1.165, 1.54) is 42.6 Å². The first-order valence-corrected chi connectivity index (χ1v) is 5.18. The van der Waals surface area contributed by atoms with Gasteiger partial charge < -0.3 is 9.84 Å². The van der Waals surface area contributed by atoms with Crippen molar-refractivity contribution in [1.29, 1.82) is 0 Å². The molecule has 0 radical (unpaired) electrons. The van der Waals surface area contributed by atoms with Crippen LogP contribution in [0.4, 0.5) is 5.69 Å². The SMILES string of the molecule is O=C(O)c1cc(Oc2ccc([N+](=O)[O-])cc2)ccn1. The monoisotopic (exact) mass is 260 g/mol. The van der Waals surface area contributed by atoms with Crippen LogP contribution in [0.15, 0.2) is 42.6 Å². The zero-order valence-electron chi connectivity index (χ0n) is 9.52. The number of aromatic nitrogens is 1. The second-order valence-corrected chi connectivity index (χ2v) is 3.54. The van der Waals surface area contributed by atoms with E-state index in [2.05, 4.69) is 4.98 Å². The number of hydrogen-bond donors (Lipinski definition) is 1. The Morgan fingerprint density at radius 3 is 2.47 bits per heavy atom. The predicted octanol–water partition coefficient (Wildman–Crippen LogP) is 2.48. The summed E-state index contributed by atoms with van der Waals surface area (Å²) in [5.41, 5.74) is -0.187. The summed E-state index contributed by atoms with van der Waals surface area (Å²) in [6, 6.07) is 8.22. The summed E-state index contributed by atoms with van der Waals surface area (Å²) in [6.07, 6.45) is 1.31. The number of carbonyl (C=O) groups is 1. The molecule has 0 aliphatic rings. The van der Waals surface area contributed by atoms with Gasteiger partial charge in [0.05, 0.1) is 4.92 Å². The third kappa shape index (κ3) is 3.03. The number of nitrogens with zero attached hydrogens (tertiary/aromatic N) is 2. The fraction of sp³-hybridized carbons (Fsp3) is 0. The number of carboxylic acid groups (broad SMARTS) is 1. The second-order valence-electron chi connectivity index (χ2n) is 3.54. The standard InChI is InChI=1S/C12H8N2O5/c15-12(16)11-7-10(5-6-13-11)19-9-3-1-8(2-4-9)14(17)18/h1-7H,(H,15,16). The van der Waals surface area contributed by atoms with Crippen LogP contribution in [0.3, 0.4) is 0 Å². The molecule has 2 rings (SSSR count). The Morgan fingerprint density at radius 1 is 1.21 bits per heavy atom. The lowest BCUT2D eigenvalue weighted by atomic mass is 10.3. The number of rotatable bonds is 4. The summed E-state index contributed by atoms with van der Waals surface area (Å²) in [6.45, 7) is 0. The van der Waals surface area contributed by atoms with E-state index in [4.69, 9.17) is 9.84 Å². The highest BCUT2D eigenvalue weighted by Gasteiger charge is 2.08. The zero-order valence-corrected chi connectivity index (χ0v) is 9.52. The Morgan fingerprint density at radius 2 is 1.89 bits per heavy atom. The second kappa shape index (κ2) is 5.13. The molecule has 1 aromatic heterocycles. The van der Waals surface area contributed by atoms with Crippen LogP contribution < -0.4 is 4.74 Å². The van der Waals surface area contributed by atoms with Gasteiger partial charge in [-0.2, -0.15) is 0 Å². The number of non-ortho nitro benzene ring substituents is 1. The molecule has 0 atom stereocenters. The lowest BCUT2D eigenvalue weighted by Gasteiger charge is -2.05. The van der Waals surface area contributed by atoms with Gasteiger partial charge in [0.1, 0.15) is 11.5 Å². The molecule has 1 N–H and O–H groups in total. The van der Waals surface area contributed by atoms with Crippen LogP contribution in [0.25, 0.3) is 0 Å². The number of carboxylic acids is 1. The number of aromatic carboxylic acids is 1. The van der Waals surface area contributed by atoms with Crippen LogP contribution in [0.2, 0.25) is 0 Å². The summed E-state index contributed by atoms with van der Waals surface area (Å²) < 4.78 is 5.38. The number of nitro groups is 1. The molecule has 0 bridgehead atoms. The van der Waals surface area contributed by atoms with Crippen molar-refractivity contribution in [2.75, 3.05) is 0 Å².